The molecule has 0 amide bonds. The van der Waals surface area contributed by atoms with E-state index in [2.05, 4.69) is 0 Å². The monoisotopic (exact) mass is 327 g/mol. The minimum Gasteiger partial charge on any atom is -0.314 e. The molecule has 0 fully saturated rings. The number of nitrogens with one attached hydrogen (secondary N) is 1. The highest BCUT2D eigenvalue weighted by Crippen LogP contribution is 2.18. The first kappa shape index (κ1) is 15.9. The Bertz CT molecular complexity index is 938. The van der Waals surface area contributed by atoms with Crippen molar-refractivity contribution >= 4 is 5.78 Å². The standard InChI is InChI=1S/C18H15F2N3O/c1-22-16(12-2-6-14(19)7-3-12)10-23(18(22)21)11-17(24)13-4-8-15(20)9-5-13/h2-10,21H,11H2,1H3. The lowest BCUT2D eigenvalue weighted by molar-refractivity contribution is 0.0970. The number of ketones is 1. The third-order valence-corrected chi connectivity index (χ3v) is 3.85. The summed E-state index contributed by atoms with van der Waals surface area (Å²) < 4.78 is 29.1. The molecule has 0 aliphatic rings. The minimum absolute atomic E-state index is 0.0283. The van der Waals surface area contributed by atoms with E-state index < -0.39 is 5.82 Å². The van der Waals surface area contributed by atoms with Gasteiger partial charge in [0.15, 0.2) is 5.78 Å². The number of nitrogens with zero attached hydrogens (tertiary/aromatic N) is 2. The Morgan fingerprint density at radius 3 is 2.12 bits per heavy atom. The largest absolute Gasteiger partial charge is 0.314 e. The zero-order valence-electron chi connectivity index (χ0n) is 13.0. The molecule has 1 heterocycles. The SMILES string of the molecule is Cn1c(-c2ccc(F)cc2)cn(CC(=O)c2ccc(F)cc2)c1=N. The van der Waals surface area contributed by atoms with Gasteiger partial charge in [0.25, 0.3) is 0 Å². The highest BCUT2D eigenvalue weighted by molar-refractivity contribution is 5.95. The number of carbonyl (C=O) groups excluding carboxylic acids is 1. The van der Waals surface area contributed by atoms with Crippen LogP contribution >= 0.6 is 0 Å². The van der Waals surface area contributed by atoms with Crippen molar-refractivity contribution in [3.05, 3.63) is 77.5 Å². The molecule has 0 aliphatic heterocycles. The summed E-state index contributed by atoms with van der Waals surface area (Å²) in [5.74, 6) is -0.957. The van der Waals surface area contributed by atoms with E-state index in [0.29, 0.717) is 11.3 Å². The van der Waals surface area contributed by atoms with Crippen LogP contribution in [0.1, 0.15) is 10.4 Å². The van der Waals surface area contributed by atoms with Gasteiger partial charge in [-0.2, -0.15) is 0 Å². The van der Waals surface area contributed by atoms with Gasteiger partial charge < -0.3 is 9.13 Å². The zero-order valence-corrected chi connectivity index (χ0v) is 13.0. The Morgan fingerprint density at radius 1 is 1.00 bits per heavy atom. The van der Waals surface area contributed by atoms with E-state index in [-0.39, 0.29) is 23.8 Å². The lowest BCUT2D eigenvalue weighted by Crippen LogP contribution is -2.25. The summed E-state index contributed by atoms with van der Waals surface area (Å²) in [7, 11) is 1.71. The van der Waals surface area contributed by atoms with Crippen LogP contribution in [-0.2, 0) is 13.6 Å². The molecule has 6 heteroatoms. The van der Waals surface area contributed by atoms with Gasteiger partial charge in [0.05, 0.1) is 12.2 Å². The number of hydrogen-bond donors (Lipinski definition) is 1. The third kappa shape index (κ3) is 3.03. The van der Waals surface area contributed by atoms with Crippen LogP contribution in [-0.4, -0.2) is 14.9 Å². The molecule has 3 aromatic rings. The van der Waals surface area contributed by atoms with Crippen LogP contribution < -0.4 is 5.62 Å². The van der Waals surface area contributed by atoms with E-state index in [0.717, 1.165) is 5.56 Å². The van der Waals surface area contributed by atoms with Gasteiger partial charge in [-0.05, 0) is 54.1 Å². The van der Waals surface area contributed by atoms with Crippen LogP contribution in [0.5, 0.6) is 0 Å². The van der Waals surface area contributed by atoms with Crippen LogP contribution in [0, 0.1) is 17.0 Å². The molecule has 2 aromatic carbocycles. The Labute approximate surface area is 137 Å². The Kier molecular flexibility index (Phi) is 4.12. The van der Waals surface area contributed by atoms with Crippen LogP contribution in [0.25, 0.3) is 11.3 Å². The molecule has 0 radical (unpaired) electrons. The van der Waals surface area contributed by atoms with E-state index in [4.69, 9.17) is 5.41 Å². The lowest BCUT2D eigenvalue weighted by atomic mass is 10.1. The number of Topliss-reactive ketones (excluding diaryl/α,β-unsaturated/α-hetero) is 1. The van der Waals surface area contributed by atoms with Crippen LogP contribution in [0.2, 0.25) is 0 Å². The highest BCUT2D eigenvalue weighted by Gasteiger charge is 2.12. The summed E-state index contributed by atoms with van der Waals surface area (Å²) in [5, 5.41) is 8.14. The van der Waals surface area contributed by atoms with E-state index in [9.17, 15) is 13.6 Å². The molecule has 1 aromatic heterocycles. The van der Waals surface area contributed by atoms with Crippen LogP contribution in [0.15, 0.2) is 54.7 Å². The van der Waals surface area contributed by atoms with Crippen molar-refractivity contribution in [1.29, 1.82) is 5.41 Å². The van der Waals surface area contributed by atoms with E-state index in [1.807, 2.05) is 0 Å². The molecule has 0 saturated heterocycles. The number of imidazole rings is 1. The second-order valence-corrected chi connectivity index (χ2v) is 5.46. The molecule has 3 rings (SSSR count). The predicted octanol–water partition coefficient (Wildman–Crippen LogP) is 3.13. The van der Waals surface area contributed by atoms with Gasteiger partial charge in [-0.25, -0.2) is 8.78 Å². The average Bonchev–Trinajstić information content (AvgIpc) is 2.85. The first-order chi connectivity index (χ1) is 11.5. The molecule has 0 saturated carbocycles. The van der Waals surface area contributed by atoms with Gasteiger partial charge in [-0.1, -0.05) is 0 Å². The molecule has 122 valence electrons. The highest BCUT2D eigenvalue weighted by atomic mass is 19.1. The van der Waals surface area contributed by atoms with E-state index >= 15 is 0 Å². The second-order valence-electron chi connectivity index (χ2n) is 5.46. The average molecular weight is 327 g/mol. The van der Waals surface area contributed by atoms with Crippen molar-refractivity contribution in [2.45, 2.75) is 6.54 Å². The maximum atomic E-state index is 13.1. The Hall–Kier alpha value is -3.02. The van der Waals surface area contributed by atoms with Crippen molar-refractivity contribution in [1.82, 2.24) is 9.13 Å². The van der Waals surface area contributed by atoms with Crippen molar-refractivity contribution in [3.63, 3.8) is 0 Å². The maximum absolute atomic E-state index is 13.1. The summed E-state index contributed by atoms with van der Waals surface area (Å²) >= 11 is 0. The summed E-state index contributed by atoms with van der Waals surface area (Å²) in [6.45, 7) is -0.0283. The quantitative estimate of drug-likeness (QED) is 0.736. The fraction of sp³-hybridized carbons (Fsp3) is 0.111. The molecular weight excluding hydrogens is 312 g/mol. The summed E-state index contributed by atoms with van der Waals surface area (Å²) in [4.78, 5) is 12.3. The fourth-order valence-corrected chi connectivity index (χ4v) is 2.49. The molecule has 0 aliphatic carbocycles. The molecular formula is C18H15F2N3O. The van der Waals surface area contributed by atoms with Crippen molar-refractivity contribution in [2.75, 3.05) is 0 Å². The Morgan fingerprint density at radius 2 is 1.54 bits per heavy atom. The number of carbonyl (C=O) groups is 1. The summed E-state index contributed by atoms with van der Waals surface area (Å²) in [6.07, 6.45) is 1.68. The van der Waals surface area contributed by atoms with Gasteiger partial charge >= 0.3 is 0 Å². The molecule has 0 bridgehead atoms. The molecule has 0 atom stereocenters. The van der Waals surface area contributed by atoms with Crippen molar-refractivity contribution in [3.8, 4) is 11.3 Å². The van der Waals surface area contributed by atoms with Crippen LogP contribution in [0.4, 0.5) is 8.78 Å². The van der Waals surface area contributed by atoms with Gasteiger partial charge in [0.2, 0.25) is 5.62 Å². The second kappa shape index (κ2) is 6.23. The minimum atomic E-state index is -0.404. The predicted molar refractivity (Wildman–Crippen MR) is 85.4 cm³/mol. The number of benzene rings is 2. The molecule has 0 unspecified atom stereocenters. The first-order valence-corrected chi connectivity index (χ1v) is 7.31. The summed E-state index contributed by atoms with van der Waals surface area (Å²) in [5.41, 5.74) is 1.98. The molecule has 0 spiro atoms. The number of rotatable bonds is 4. The van der Waals surface area contributed by atoms with Gasteiger partial charge in [0.1, 0.15) is 11.6 Å². The topological polar surface area (TPSA) is 50.8 Å². The van der Waals surface area contributed by atoms with E-state index in [1.54, 1.807) is 29.9 Å². The number of halogens is 2. The normalized spacial score (nSPS) is 10.8. The number of hydrogen-bond acceptors (Lipinski definition) is 2. The van der Waals surface area contributed by atoms with Gasteiger partial charge in [0, 0.05) is 18.8 Å². The van der Waals surface area contributed by atoms with E-state index in [1.165, 1.54) is 41.0 Å². The molecule has 24 heavy (non-hydrogen) atoms. The summed E-state index contributed by atoms with van der Waals surface area (Å²) in [6, 6.07) is 11.2. The molecule has 1 N–H and O–H groups in total. The van der Waals surface area contributed by atoms with Gasteiger partial charge in [-0.15, -0.1) is 0 Å². The smallest absolute Gasteiger partial charge is 0.202 e. The maximum Gasteiger partial charge on any atom is 0.202 e. The Balaban J connectivity index is 1.91. The van der Waals surface area contributed by atoms with Crippen LogP contribution in [0.3, 0.4) is 0 Å². The van der Waals surface area contributed by atoms with Gasteiger partial charge in [-0.3, -0.25) is 10.2 Å². The van der Waals surface area contributed by atoms with Crippen molar-refractivity contribution in [2.24, 2.45) is 7.05 Å². The third-order valence-electron chi connectivity index (χ3n) is 3.85. The zero-order chi connectivity index (χ0) is 17.3. The number of aromatic nitrogens is 2. The lowest BCUT2D eigenvalue weighted by Gasteiger charge is -2.02. The van der Waals surface area contributed by atoms with Crippen molar-refractivity contribution < 1.29 is 13.6 Å². The molecule has 4 nitrogen and oxygen atoms in total. The fourth-order valence-electron chi connectivity index (χ4n) is 2.49. The first-order valence-electron chi connectivity index (χ1n) is 7.31.